The third-order valence-corrected chi connectivity index (χ3v) is 1.10. The minimum absolute atomic E-state index is 0.0865. The molecule has 0 aromatic heterocycles. The van der Waals surface area contributed by atoms with Crippen LogP contribution in [0.25, 0.3) is 0 Å². The molecule has 0 saturated carbocycles. The normalized spacial score (nSPS) is 10.5. The minimum atomic E-state index is -0.519. The number of hydrogen-bond donors (Lipinski definition) is 0. The van der Waals surface area contributed by atoms with Crippen LogP contribution in [-0.4, -0.2) is 12.3 Å². The molecule has 60 valence electrons. The zero-order valence-electron chi connectivity index (χ0n) is 6.37. The van der Waals surface area contributed by atoms with Crippen molar-refractivity contribution in [1.82, 2.24) is 0 Å². The summed E-state index contributed by atoms with van der Waals surface area (Å²) < 4.78 is 4.45. The van der Waals surface area contributed by atoms with E-state index in [-0.39, 0.29) is 6.42 Å². The van der Waals surface area contributed by atoms with E-state index < -0.39 is 5.97 Å². The first-order chi connectivity index (χ1) is 5.26. The number of esters is 1. The van der Waals surface area contributed by atoms with Crippen molar-refractivity contribution in [3.63, 3.8) is 0 Å². The summed E-state index contributed by atoms with van der Waals surface area (Å²) in [6.07, 6.45) is 3.32. The smallest absolute Gasteiger partial charge is 0.338 e. The van der Waals surface area contributed by atoms with E-state index in [9.17, 15) is 9.59 Å². The summed E-state index contributed by atoms with van der Waals surface area (Å²) in [5.74, 6) is -0.519. The number of hydrogen-bond acceptors (Lipinski definition) is 3. The lowest BCUT2D eigenvalue weighted by Crippen LogP contribution is -2.03. The molecule has 0 aromatic rings. The molecule has 0 heterocycles. The lowest BCUT2D eigenvalue weighted by atomic mass is 10.2. The Morgan fingerprint density at radius 2 is 2.27 bits per heavy atom. The van der Waals surface area contributed by atoms with Crippen molar-refractivity contribution >= 4 is 12.3 Å². The van der Waals surface area contributed by atoms with Gasteiger partial charge in [0.15, 0.2) is 0 Å². The molecular weight excluding hydrogens is 144 g/mol. The van der Waals surface area contributed by atoms with E-state index in [1.807, 2.05) is 0 Å². The Labute approximate surface area is 65.4 Å². The van der Waals surface area contributed by atoms with Crippen LogP contribution in [0.5, 0.6) is 0 Å². The molecule has 0 unspecified atom stereocenters. The quantitative estimate of drug-likeness (QED) is 0.264. The third-order valence-electron chi connectivity index (χ3n) is 1.10. The molecule has 0 aromatic carbocycles. The second kappa shape index (κ2) is 5.41. The third kappa shape index (κ3) is 3.35. The van der Waals surface area contributed by atoms with Gasteiger partial charge in [0.05, 0.1) is 6.26 Å². The van der Waals surface area contributed by atoms with E-state index in [2.05, 4.69) is 11.3 Å². The molecule has 0 rings (SSSR count). The average Bonchev–Trinajstić information content (AvgIpc) is 2.00. The summed E-state index contributed by atoms with van der Waals surface area (Å²) in [7, 11) is 0. The molecule has 0 spiro atoms. The topological polar surface area (TPSA) is 43.4 Å². The van der Waals surface area contributed by atoms with E-state index in [1.54, 1.807) is 13.0 Å². The minimum Gasteiger partial charge on any atom is -0.432 e. The lowest BCUT2D eigenvalue weighted by molar-refractivity contribution is -0.134. The number of allylic oxidation sites excluding steroid dienone is 1. The van der Waals surface area contributed by atoms with Crippen LogP contribution < -0.4 is 0 Å². The Balaban J connectivity index is 4.14. The maximum atomic E-state index is 10.8. The molecule has 0 aliphatic heterocycles. The molecule has 0 bridgehead atoms. The second-order valence-corrected chi connectivity index (χ2v) is 1.76. The van der Waals surface area contributed by atoms with Crippen molar-refractivity contribution < 1.29 is 14.3 Å². The van der Waals surface area contributed by atoms with Crippen LogP contribution in [-0.2, 0) is 14.3 Å². The van der Waals surface area contributed by atoms with Gasteiger partial charge in [-0.2, -0.15) is 0 Å². The van der Waals surface area contributed by atoms with Crippen LogP contribution in [0.3, 0.4) is 0 Å². The molecule has 0 amide bonds. The maximum absolute atomic E-state index is 10.8. The van der Waals surface area contributed by atoms with Crippen LogP contribution in [0.2, 0.25) is 0 Å². The van der Waals surface area contributed by atoms with Crippen LogP contribution >= 0.6 is 0 Å². The highest BCUT2D eigenvalue weighted by molar-refractivity contribution is 5.91. The zero-order chi connectivity index (χ0) is 8.69. The first kappa shape index (κ1) is 9.62. The van der Waals surface area contributed by atoms with Crippen LogP contribution in [0, 0.1) is 0 Å². The summed E-state index contributed by atoms with van der Waals surface area (Å²) in [6.45, 7) is 4.89. The SMILES string of the molecule is C=COC(=O)C(=CC)CC=O. The molecule has 0 fully saturated rings. The first-order valence-electron chi connectivity index (χ1n) is 3.17. The van der Waals surface area contributed by atoms with Gasteiger partial charge in [-0.05, 0) is 6.92 Å². The average molecular weight is 154 g/mol. The summed E-state index contributed by atoms with van der Waals surface area (Å²) in [6, 6.07) is 0. The molecule has 0 radical (unpaired) electrons. The van der Waals surface area contributed by atoms with Gasteiger partial charge in [-0.1, -0.05) is 12.7 Å². The molecule has 3 nitrogen and oxygen atoms in total. The molecule has 0 aliphatic carbocycles. The zero-order valence-corrected chi connectivity index (χ0v) is 6.37. The Kier molecular flexibility index (Phi) is 4.73. The highest BCUT2D eigenvalue weighted by atomic mass is 16.5. The van der Waals surface area contributed by atoms with Gasteiger partial charge < -0.3 is 9.53 Å². The fourth-order valence-corrected chi connectivity index (χ4v) is 0.560. The lowest BCUT2D eigenvalue weighted by Gasteiger charge is -1.98. The van der Waals surface area contributed by atoms with Crippen molar-refractivity contribution in [1.29, 1.82) is 0 Å². The van der Waals surface area contributed by atoms with E-state index in [0.717, 1.165) is 6.26 Å². The fourth-order valence-electron chi connectivity index (χ4n) is 0.560. The number of carbonyl (C=O) groups excluding carboxylic acids is 2. The van der Waals surface area contributed by atoms with Gasteiger partial charge in [0, 0.05) is 12.0 Å². The van der Waals surface area contributed by atoms with Crippen LogP contribution in [0.4, 0.5) is 0 Å². The number of aldehydes is 1. The predicted octanol–water partition coefficient (Wildman–Crippen LogP) is 1.21. The van der Waals surface area contributed by atoms with Crippen molar-refractivity contribution in [3.05, 3.63) is 24.5 Å². The Hall–Kier alpha value is -1.38. The fraction of sp³-hybridized carbons (Fsp3) is 0.250. The summed E-state index contributed by atoms with van der Waals surface area (Å²) in [4.78, 5) is 20.9. The summed E-state index contributed by atoms with van der Waals surface area (Å²) in [5, 5.41) is 0. The van der Waals surface area contributed by atoms with Gasteiger partial charge in [-0.15, -0.1) is 0 Å². The molecule has 0 atom stereocenters. The van der Waals surface area contributed by atoms with Crippen LogP contribution in [0.1, 0.15) is 13.3 Å². The standard InChI is InChI=1S/C8H10O3/c1-3-7(5-6-9)8(10)11-4-2/h3-4,6H,2,5H2,1H3. The van der Waals surface area contributed by atoms with Gasteiger partial charge in [-0.25, -0.2) is 4.79 Å². The van der Waals surface area contributed by atoms with Crippen molar-refractivity contribution in [2.75, 3.05) is 0 Å². The van der Waals surface area contributed by atoms with E-state index in [4.69, 9.17) is 0 Å². The predicted molar refractivity (Wildman–Crippen MR) is 40.7 cm³/mol. The summed E-state index contributed by atoms with van der Waals surface area (Å²) >= 11 is 0. The Bertz CT molecular complexity index is 192. The summed E-state index contributed by atoms with van der Waals surface area (Å²) in [5.41, 5.74) is 0.347. The molecular formula is C8H10O3. The van der Waals surface area contributed by atoms with E-state index in [1.165, 1.54) is 0 Å². The number of ether oxygens (including phenoxy) is 1. The highest BCUT2D eigenvalue weighted by Gasteiger charge is 2.06. The number of carbonyl (C=O) groups is 2. The Morgan fingerprint density at radius 1 is 1.64 bits per heavy atom. The highest BCUT2D eigenvalue weighted by Crippen LogP contribution is 2.01. The molecule has 0 saturated heterocycles. The monoisotopic (exact) mass is 154 g/mol. The molecule has 0 N–H and O–H groups in total. The first-order valence-corrected chi connectivity index (χ1v) is 3.17. The molecule has 11 heavy (non-hydrogen) atoms. The largest absolute Gasteiger partial charge is 0.432 e. The van der Waals surface area contributed by atoms with E-state index >= 15 is 0 Å². The molecule has 0 aliphatic rings. The van der Waals surface area contributed by atoms with Gasteiger partial charge in [0.25, 0.3) is 0 Å². The molecule has 3 heteroatoms. The van der Waals surface area contributed by atoms with Gasteiger partial charge in [0.1, 0.15) is 6.29 Å². The van der Waals surface area contributed by atoms with Crippen molar-refractivity contribution in [2.24, 2.45) is 0 Å². The maximum Gasteiger partial charge on any atom is 0.338 e. The van der Waals surface area contributed by atoms with Crippen molar-refractivity contribution in [2.45, 2.75) is 13.3 Å². The Morgan fingerprint density at radius 3 is 2.64 bits per heavy atom. The second-order valence-electron chi connectivity index (χ2n) is 1.76. The van der Waals surface area contributed by atoms with Crippen LogP contribution in [0.15, 0.2) is 24.5 Å². The van der Waals surface area contributed by atoms with Crippen molar-refractivity contribution in [3.8, 4) is 0 Å². The van der Waals surface area contributed by atoms with E-state index in [0.29, 0.717) is 11.9 Å². The number of rotatable bonds is 4. The van der Waals surface area contributed by atoms with Gasteiger partial charge in [0.2, 0.25) is 0 Å². The van der Waals surface area contributed by atoms with Gasteiger partial charge >= 0.3 is 5.97 Å². The van der Waals surface area contributed by atoms with Gasteiger partial charge in [-0.3, -0.25) is 0 Å².